The number of benzene rings is 2. The Balaban J connectivity index is 0.000000203. The minimum Gasteiger partial charge on any atom is -0.481 e. The number of carboxylic acid groups (broad SMARTS) is 1. The van der Waals surface area contributed by atoms with Gasteiger partial charge in [-0.15, -0.1) is 0 Å². The molecule has 0 aliphatic rings. The molecule has 0 saturated heterocycles. The second kappa shape index (κ2) is 9.67. The molecular weight excluding hydrogens is 362 g/mol. The number of methoxy groups -OCH3 is 1. The Morgan fingerprint density at radius 3 is 2.29 bits per heavy atom. The van der Waals surface area contributed by atoms with Crippen LogP contribution in [0.15, 0.2) is 66.7 Å². The van der Waals surface area contributed by atoms with Gasteiger partial charge in [-0.2, -0.15) is 4.98 Å². The Bertz CT molecular complexity index is 961. The van der Waals surface area contributed by atoms with Gasteiger partial charge in [0.15, 0.2) is 0 Å². The fourth-order valence-corrected chi connectivity index (χ4v) is 2.42. The van der Waals surface area contributed by atoms with Crippen molar-refractivity contribution in [3.05, 3.63) is 82.4 Å². The molecule has 0 aliphatic carbocycles. The van der Waals surface area contributed by atoms with E-state index in [1.165, 1.54) is 19.2 Å². The Kier molecular flexibility index (Phi) is 7.04. The van der Waals surface area contributed by atoms with Gasteiger partial charge in [0.25, 0.3) is 0 Å². The van der Waals surface area contributed by atoms with Gasteiger partial charge in [0.2, 0.25) is 11.7 Å². The van der Waals surface area contributed by atoms with Gasteiger partial charge in [0.1, 0.15) is 0 Å². The molecule has 0 unspecified atom stereocenters. The largest absolute Gasteiger partial charge is 0.481 e. The van der Waals surface area contributed by atoms with Crippen LogP contribution < -0.4 is 10.1 Å². The summed E-state index contributed by atoms with van der Waals surface area (Å²) in [6.07, 6.45) is 0. The molecule has 2 N–H and O–H groups in total. The first-order valence-electron chi connectivity index (χ1n) is 8.22. The topological polar surface area (TPSA) is 115 Å². The van der Waals surface area contributed by atoms with Crippen molar-refractivity contribution in [1.29, 1.82) is 0 Å². The van der Waals surface area contributed by atoms with Gasteiger partial charge in [0, 0.05) is 19.2 Å². The maximum absolute atomic E-state index is 11.0. The summed E-state index contributed by atoms with van der Waals surface area (Å²) >= 11 is 0. The number of hydrogen-bond acceptors (Lipinski definition) is 6. The summed E-state index contributed by atoms with van der Waals surface area (Å²) in [7, 11) is 3.02. The van der Waals surface area contributed by atoms with Crippen molar-refractivity contribution in [2.45, 2.75) is 0 Å². The third-order valence-electron chi connectivity index (χ3n) is 3.73. The smallest absolute Gasteiger partial charge is 0.336 e. The van der Waals surface area contributed by atoms with E-state index in [0.717, 1.165) is 11.1 Å². The number of rotatable bonds is 5. The molecule has 0 atom stereocenters. The Morgan fingerprint density at radius 1 is 1.07 bits per heavy atom. The number of nitrogens with one attached hydrogen (secondary N) is 1. The molecule has 0 amide bonds. The zero-order valence-corrected chi connectivity index (χ0v) is 15.3. The second-order valence-electron chi connectivity index (χ2n) is 5.45. The maximum Gasteiger partial charge on any atom is 0.336 e. The van der Waals surface area contributed by atoms with E-state index in [4.69, 9.17) is 9.84 Å². The number of pyridine rings is 1. The van der Waals surface area contributed by atoms with Crippen molar-refractivity contribution in [2.75, 3.05) is 19.5 Å². The van der Waals surface area contributed by atoms with E-state index < -0.39 is 10.9 Å². The number of carboxylic acids is 1. The van der Waals surface area contributed by atoms with E-state index in [0.29, 0.717) is 11.4 Å². The second-order valence-corrected chi connectivity index (χ2v) is 5.45. The van der Waals surface area contributed by atoms with Crippen LogP contribution in [0.4, 0.5) is 11.5 Å². The summed E-state index contributed by atoms with van der Waals surface area (Å²) in [4.78, 5) is 24.8. The van der Waals surface area contributed by atoms with Crippen molar-refractivity contribution in [3.8, 4) is 17.0 Å². The third-order valence-corrected chi connectivity index (χ3v) is 3.73. The number of hydrogen-bond donors (Lipinski definition) is 2. The first kappa shape index (κ1) is 20.4. The fraction of sp³-hybridized carbons (Fsp3) is 0.100. The molecular formula is C20H19N3O5. The van der Waals surface area contributed by atoms with Crippen molar-refractivity contribution < 1.29 is 19.6 Å². The molecule has 1 aromatic heterocycles. The molecule has 3 aromatic rings. The Labute approximate surface area is 161 Å². The lowest BCUT2D eigenvalue weighted by Gasteiger charge is -2.05. The lowest BCUT2D eigenvalue weighted by atomic mass is 10.00. The first-order valence-corrected chi connectivity index (χ1v) is 8.22. The number of nitro groups is 1. The van der Waals surface area contributed by atoms with Crippen LogP contribution in [-0.4, -0.2) is 35.1 Å². The Morgan fingerprint density at radius 2 is 1.71 bits per heavy atom. The average molecular weight is 381 g/mol. The number of ether oxygens (including phenoxy) is 1. The molecule has 8 nitrogen and oxygen atoms in total. The minimum absolute atomic E-state index is 0.0664. The number of aromatic nitrogens is 1. The van der Waals surface area contributed by atoms with Crippen molar-refractivity contribution >= 4 is 17.5 Å². The van der Waals surface area contributed by atoms with Gasteiger partial charge < -0.3 is 15.2 Å². The lowest BCUT2D eigenvalue weighted by molar-refractivity contribution is -0.384. The quantitative estimate of drug-likeness (QED) is 0.505. The highest BCUT2D eigenvalue weighted by molar-refractivity contribution is 5.95. The van der Waals surface area contributed by atoms with E-state index in [1.807, 2.05) is 42.5 Å². The van der Waals surface area contributed by atoms with Crippen LogP contribution in [0, 0.1) is 10.1 Å². The van der Waals surface area contributed by atoms with Crippen LogP contribution in [0.3, 0.4) is 0 Å². The van der Waals surface area contributed by atoms with Gasteiger partial charge >= 0.3 is 11.7 Å². The molecule has 0 spiro atoms. The van der Waals surface area contributed by atoms with E-state index >= 15 is 0 Å². The standard InChI is InChI=1S/C13H10O2.C7H9N3O3/c14-13(15)12-9-5-4-8-11(12)10-6-2-1-3-7-10;1-8-7-5(10(11)12)3-4-6(9-7)13-2/h1-9H,(H,14,15);3-4H,1-2H3,(H,8,9). The predicted molar refractivity (Wildman–Crippen MR) is 106 cm³/mol. The SMILES string of the molecule is CNc1nc(OC)ccc1[N+](=O)[O-].O=C(O)c1ccccc1-c1ccccc1. The molecule has 3 rings (SSSR count). The lowest BCUT2D eigenvalue weighted by Crippen LogP contribution is -2.00. The van der Waals surface area contributed by atoms with Gasteiger partial charge in [-0.05, 0) is 17.2 Å². The molecule has 0 aliphatic heterocycles. The fourth-order valence-electron chi connectivity index (χ4n) is 2.42. The third kappa shape index (κ3) is 5.04. The van der Waals surface area contributed by atoms with E-state index in [-0.39, 0.29) is 11.5 Å². The van der Waals surface area contributed by atoms with Crippen molar-refractivity contribution in [3.63, 3.8) is 0 Å². The molecule has 1 heterocycles. The number of anilines is 1. The van der Waals surface area contributed by atoms with Crippen LogP contribution >= 0.6 is 0 Å². The first-order chi connectivity index (χ1) is 13.5. The molecule has 0 saturated carbocycles. The van der Waals surface area contributed by atoms with E-state index in [9.17, 15) is 14.9 Å². The van der Waals surface area contributed by atoms with Gasteiger partial charge in [-0.1, -0.05) is 48.5 Å². The van der Waals surface area contributed by atoms with Gasteiger partial charge in [-0.25, -0.2) is 4.79 Å². The summed E-state index contributed by atoms with van der Waals surface area (Å²) < 4.78 is 4.82. The highest BCUT2D eigenvalue weighted by Crippen LogP contribution is 2.24. The van der Waals surface area contributed by atoms with Crippen LogP contribution in [0.25, 0.3) is 11.1 Å². The summed E-state index contributed by atoms with van der Waals surface area (Å²) in [6.45, 7) is 0. The molecule has 0 bridgehead atoms. The maximum atomic E-state index is 11.0. The Hall–Kier alpha value is -3.94. The number of aromatic carboxylic acids is 1. The summed E-state index contributed by atoms with van der Waals surface area (Å²) in [5, 5.41) is 22.1. The summed E-state index contributed by atoms with van der Waals surface area (Å²) in [6, 6.07) is 19.3. The molecule has 28 heavy (non-hydrogen) atoms. The number of carbonyl (C=O) groups is 1. The highest BCUT2D eigenvalue weighted by Gasteiger charge is 2.14. The van der Waals surface area contributed by atoms with Crippen LogP contribution in [0.5, 0.6) is 5.88 Å². The van der Waals surface area contributed by atoms with E-state index in [2.05, 4.69) is 10.3 Å². The van der Waals surface area contributed by atoms with Crippen LogP contribution in [0.2, 0.25) is 0 Å². The van der Waals surface area contributed by atoms with Crippen LogP contribution in [0.1, 0.15) is 10.4 Å². The summed E-state index contributed by atoms with van der Waals surface area (Å²) in [5.74, 6) is -0.353. The highest BCUT2D eigenvalue weighted by atomic mass is 16.6. The molecule has 0 fully saturated rings. The average Bonchev–Trinajstić information content (AvgIpc) is 2.74. The zero-order valence-electron chi connectivity index (χ0n) is 15.3. The normalized spacial score (nSPS) is 9.64. The molecule has 2 aromatic carbocycles. The van der Waals surface area contributed by atoms with Crippen molar-refractivity contribution in [1.82, 2.24) is 4.98 Å². The van der Waals surface area contributed by atoms with Gasteiger partial charge in [0.05, 0.1) is 17.6 Å². The van der Waals surface area contributed by atoms with Crippen LogP contribution in [-0.2, 0) is 0 Å². The predicted octanol–water partition coefficient (Wildman–Crippen LogP) is 4.09. The van der Waals surface area contributed by atoms with Crippen molar-refractivity contribution in [2.24, 2.45) is 0 Å². The minimum atomic E-state index is -0.894. The summed E-state index contributed by atoms with van der Waals surface area (Å²) in [5.41, 5.74) is 1.95. The molecule has 0 radical (unpaired) electrons. The molecule has 144 valence electrons. The number of nitrogens with zero attached hydrogens (tertiary/aromatic N) is 2. The monoisotopic (exact) mass is 381 g/mol. The molecule has 8 heteroatoms. The van der Waals surface area contributed by atoms with Gasteiger partial charge in [-0.3, -0.25) is 10.1 Å². The van der Waals surface area contributed by atoms with E-state index in [1.54, 1.807) is 19.2 Å². The zero-order chi connectivity index (χ0) is 20.5.